The third-order valence-corrected chi connectivity index (χ3v) is 8.32. The Morgan fingerprint density at radius 1 is 0.667 bits per heavy atom. The summed E-state index contributed by atoms with van der Waals surface area (Å²) in [5, 5.41) is 30.3. The monoisotopic (exact) mass is 556 g/mol. The van der Waals surface area contributed by atoms with Crippen LogP contribution in [0.15, 0.2) is 0 Å². The molecule has 0 aromatic heterocycles. The van der Waals surface area contributed by atoms with Crippen molar-refractivity contribution in [3.63, 3.8) is 0 Å². The number of carbonyl (C=O) groups excluding carboxylic acids is 1. The molecule has 0 bridgehead atoms. The SMILES string of the molecule is CCCCCCCCCCCCCCN(C(=O)CCCCCCCCCCC)[C@@H]1O[C@H](CO)[C@H](O)[C@H](O)[C@H]1N. The molecule has 1 aliphatic heterocycles. The van der Waals surface area contributed by atoms with Crippen LogP contribution in [0.5, 0.6) is 0 Å². The molecule has 0 saturated carbocycles. The van der Waals surface area contributed by atoms with Gasteiger partial charge in [-0.3, -0.25) is 4.79 Å². The lowest BCUT2D eigenvalue weighted by Crippen LogP contribution is -2.67. The van der Waals surface area contributed by atoms with Crippen molar-refractivity contribution in [2.75, 3.05) is 13.2 Å². The van der Waals surface area contributed by atoms with E-state index < -0.39 is 37.2 Å². The van der Waals surface area contributed by atoms with Crippen LogP contribution < -0.4 is 5.73 Å². The molecule has 1 amide bonds. The van der Waals surface area contributed by atoms with Gasteiger partial charge < -0.3 is 30.7 Å². The lowest BCUT2D eigenvalue weighted by atomic mass is 9.95. The Bertz CT molecular complexity index is 577. The number of amides is 1. The van der Waals surface area contributed by atoms with Crippen molar-refractivity contribution in [2.45, 2.75) is 186 Å². The fourth-order valence-corrected chi connectivity index (χ4v) is 5.65. The van der Waals surface area contributed by atoms with Crippen LogP contribution in [0.25, 0.3) is 0 Å². The molecule has 0 unspecified atom stereocenters. The van der Waals surface area contributed by atoms with Crippen LogP contribution in [-0.2, 0) is 9.53 Å². The highest BCUT2D eigenvalue weighted by Gasteiger charge is 2.45. The second-order valence-corrected chi connectivity index (χ2v) is 11.9. The second kappa shape index (κ2) is 23.9. The van der Waals surface area contributed by atoms with Gasteiger partial charge in [0.05, 0.1) is 12.6 Å². The van der Waals surface area contributed by atoms with Crippen LogP contribution >= 0.6 is 0 Å². The largest absolute Gasteiger partial charge is 0.394 e. The zero-order valence-electron chi connectivity index (χ0n) is 25.5. The first kappa shape index (κ1) is 36.3. The number of aliphatic hydroxyl groups excluding tert-OH is 3. The van der Waals surface area contributed by atoms with E-state index in [1.54, 1.807) is 4.90 Å². The Morgan fingerprint density at radius 2 is 1.08 bits per heavy atom. The Balaban J connectivity index is 2.44. The van der Waals surface area contributed by atoms with Gasteiger partial charge in [-0.05, 0) is 12.8 Å². The summed E-state index contributed by atoms with van der Waals surface area (Å²) in [6, 6.07) is -0.910. The first-order valence-corrected chi connectivity index (χ1v) is 16.6. The number of ether oxygens (including phenoxy) is 1. The molecule has 5 N–H and O–H groups in total. The summed E-state index contributed by atoms with van der Waals surface area (Å²) < 4.78 is 5.88. The fraction of sp³-hybridized carbons (Fsp3) is 0.969. The zero-order valence-corrected chi connectivity index (χ0v) is 25.5. The molecule has 39 heavy (non-hydrogen) atoms. The van der Waals surface area contributed by atoms with Crippen molar-refractivity contribution in [2.24, 2.45) is 5.73 Å². The normalized spacial score (nSPS) is 23.3. The predicted molar refractivity (Wildman–Crippen MR) is 160 cm³/mol. The van der Waals surface area contributed by atoms with Crippen molar-refractivity contribution < 1.29 is 24.9 Å². The standard InChI is InChI=1S/C32H64N2O5/c1-3-5-7-9-11-13-14-15-17-19-21-23-25-34(32-29(33)31(38)30(37)27(26-35)39-32)28(36)24-22-20-18-16-12-10-8-6-4-2/h27,29-32,35,37-38H,3-26,33H2,1-2H3/t27-,29-,30+,31-,32-/m1/s1. The highest BCUT2D eigenvalue weighted by Crippen LogP contribution is 2.24. The first-order chi connectivity index (χ1) is 19.0. The summed E-state index contributed by atoms with van der Waals surface area (Å²) in [5.74, 6) is -0.0123. The number of nitrogens with zero attached hydrogens (tertiary/aromatic N) is 1. The van der Waals surface area contributed by atoms with Gasteiger partial charge in [0.25, 0.3) is 0 Å². The minimum atomic E-state index is -1.26. The Kier molecular flexibility index (Phi) is 22.3. The molecule has 7 nitrogen and oxygen atoms in total. The van der Waals surface area contributed by atoms with E-state index in [2.05, 4.69) is 13.8 Å². The van der Waals surface area contributed by atoms with E-state index in [1.165, 1.54) is 96.3 Å². The van der Waals surface area contributed by atoms with E-state index in [9.17, 15) is 20.1 Å². The third kappa shape index (κ3) is 15.7. The van der Waals surface area contributed by atoms with Crippen LogP contribution in [0.1, 0.15) is 155 Å². The quantitative estimate of drug-likeness (QED) is 0.0995. The van der Waals surface area contributed by atoms with E-state index in [-0.39, 0.29) is 5.91 Å². The van der Waals surface area contributed by atoms with E-state index in [0.717, 1.165) is 38.5 Å². The minimum absolute atomic E-state index is 0.0123. The highest BCUT2D eigenvalue weighted by molar-refractivity contribution is 5.76. The first-order valence-electron chi connectivity index (χ1n) is 16.6. The van der Waals surface area contributed by atoms with Crippen molar-refractivity contribution in [3.05, 3.63) is 0 Å². The summed E-state index contributed by atoms with van der Waals surface area (Å²) in [5.41, 5.74) is 6.24. The van der Waals surface area contributed by atoms with Gasteiger partial charge >= 0.3 is 0 Å². The number of unbranched alkanes of at least 4 members (excludes halogenated alkanes) is 19. The van der Waals surface area contributed by atoms with Gasteiger partial charge in [-0.15, -0.1) is 0 Å². The summed E-state index contributed by atoms with van der Waals surface area (Å²) in [7, 11) is 0. The summed E-state index contributed by atoms with van der Waals surface area (Å²) in [6.45, 7) is 4.58. The molecule has 7 heteroatoms. The average molecular weight is 557 g/mol. The number of hydrogen-bond acceptors (Lipinski definition) is 6. The van der Waals surface area contributed by atoms with E-state index in [1.807, 2.05) is 0 Å². The van der Waals surface area contributed by atoms with E-state index in [4.69, 9.17) is 10.5 Å². The lowest BCUT2D eigenvalue weighted by Gasteiger charge is -2.45. The lowest BCUT2D eigenvalue weighted by molar-refractivity contribution is -0.226. The average Bonchev–Trinajstić information content (AvgIpc) is 2.94. The van der Waals surface area contributed by atoms with Gasteiger partial charge in [0.15, 0.2) is 6.23 Å². The topological polar surface area (TPSA) is 116 Å². The number of hydrogen-bond donors (Lipinski definition) is 4. The molecule has 0 aliphatic carbocycles. The molecule has 232 valence electrons. The maximum Gasteiger partial charge on any atom is 0.224 e. The molecule has 5 atom stereocenters. The van der Waals surface area contributed by atoms with Gasteiger partial charge in [0.2, 0.25) is 5.91 Å². The molecular formula is C32H64N2O5. The number of rotatable bonds is 25. The maximum atomic E-state index is 13.3. The van der Waals surface area contributed by atoms with Crippen LogP contribution in [0.2, 0.25) is 0 Å². The third-order valence-electron chi connectivity index (χ3n) is 8.32. The van der Waals surface area contributed by atoms with Crippen molar-refractivity contribution >= 4 is 5.91 Å². The van der Waals surface area contributed by atoms with Crippen LogP contribution in [0.3, 0.4) is 0 Å². The van der Waals surface area contributed by atoms with Crippen LogP contribution in [-0.4, -0.2) is 69.9 Å². The molecule has 1 fully saturated rings. The van der Waals surface area contributed by atoms with Crippen LogP contribution in [0.4, 0.5) is 0 Å². The molecule has 1 aliphatic rings. The van der Waals surface area contributed by atoms with Gasteiger partial charge in [-0.2, -0.15) is 0 Å². The number of carbonyl (C=O) groups is 1. The van der Waals surface area contributed by atoms with Gasteiger partial charge in [-0.25, -0.2) is 0 Å². The number of nitrogens with two attached hydrogens (primary N) is 1. The smallest absolute Gasteiger partial charge is 0.224 e. The highest BCUT2D eigenvalue weighted by atomic mass is 16.5. The zero-order chi connectivity index (χ0) is 28.7. The molecule has 1 saturated heterocycles. The minimum Gasteiger partial charge on any atom is -0.394 e. The molecule has 0 aromatic carbocycles. The second-order valence-electron chi connectivity index (χ2n) is 11.9. The van der Waals surface area contributed by atoms with Crippen molar-refractivity contribution in [1.29, 1.82) is 0 Å². The van der Waals surface area contributed by atoms with Gasteiger partial charge in [0.1, 0.15) is 18.3 Å². The number of aliphatic hydroxyl groups is 3. The van der Waals surface area contributed by atoms with E-state index >= 15 is 0 Å². The summed E-state index contributed by atoms with van der Waals surface area (Å²) in [6.07, 6.45) is 21.8. The maximum absolute atomic E-state index is 13.3. The predicted octanol–water partition coefficient (Wildman–Crippen LogP) is 6.20. The van der Waals surface area contributed by atoms with Gasteiger partial charge in [-0.1, -0.05) is 136 Å². The van der Waals surface area contributed by atoms with Crippen molar-refractivity contribution in [3.8, 4) is 0 Å². The Morgan fingerprint density at radius 3 is 1.51 bits per heavy atom. The summed E-state index contributed by atoms with van der Waals surface area (Å²) in [4.78, 5) is 15.0. The Labute approximate surface area is 240 Å². The molecule has 1 rings (SSSR count). The molecule has 0 spiro atoms. The Hall–Kier alpha value is -0.730. The molecule has 0 aromatic rings. The van der Waals surface area contributed by atoms with Crippen molar-refractivity contribution in [1.82, 2.24) is 4.90 Å². The van der Waals surface area contributed by atoms with E-state index in [0.29, 0.717) is 13.0 Å². The fourth-order valence-electron chi connectivity index (χ4n) is 5.65. The molecule has 1 heterocycles. The molecular weight excluding hydrogens is 492 g/mol. The van der Waals surface area contributed by atoms with Crippen LogP contribution in [0, 0.1) is 0 Å². The van der Waals surface area contributed by atoms with Gasteiger partial charge in [0, 0.05) is 13.0 Å². The summed E-state index contributed by atoms with van der Waals surface area (Å²) >= 11 is 0. The molecule has 0 radical (unpaired) electrons.